The van der Waals surface area contributed by atoms with Crippen molar-refractivity contribution >= 4 is 5.96 Å². The molecule has 1 heterocycles. The molecular formula is C15H29N3O. The molecule has 2 aliphatic rings. The quantitative estimate of drug-likeness (QED) is 0.482. The first-order chi connectivity index (χ1) is 9.29. The number of nitrogens with one attached hydrogen (secondary N) is 1. The van der Waals surface area contributed by atoms with Crippen LogP contribution in [-0.4, -0.2) is 50.8 Å². The average molecular weight is 267 g/mol. The van der Waals surface area contributed by atoms with Crippen molar-refractivity contribution in [1.82, 2.24) is 10.2 Å². The van der Waals surface area contributed by atoms with Crippen molar-refractivity contribution in [2.24, 2.45) is 10.4 Å². The van der Waals surface area contributed by atoms with Gasteiger partial charge in [-0.3, -0.25) is 4.99 Å². The molecule has 2 rings (SSSR count). The molecule has 0 atom stereocenters. The molecule has 2 fully saturated rings. The summed E-state index contributed by atoms with van der Waals surface area (Å²) in [5, 5.41) is 3.42. The largest absolute Gasteiger partial charge is 0.380 e. The summed E-state index contributed by atoms with van der Waals surface area (Å²) in [4.78, 5) is 6.86. The number of nitrogens with zero attached hydrogens (tertiary/aromatic N) is 2. The third-order valence-electron chi connectivity index (χ3n) is 4.60. The van der Waals surface area contributed by atoms with Gasteiger partial charge in [-0.05, 0) is 31.6 Å². The molecule has 1 N–H and O–H groups in total. The van der Waals surface area contributed by atoms with E-state index in [1.165, 1.54) is 45.1 Å². The third-order valence-corrected chi connectivity index (χ3v) is 4.60. The van der Waals surface area contributed by atoms with Gasteiger partial charge in [0.05, 0.1) is 6.61 Å². The van der Waals surface area contributed by atoms with Gasteiger partial charge < -0.3 is 15.0 Å². The first-order valence-corrected chi connectivity index (χ1v) is 7.83. The monoisotopic (exact) mass is 267 g/mol. The predicted molar refractivity (Wildman–Crippen MR) is 79.6 cm³/mol. The Hall–Kier alpha value is -0.770. The minimum Gasteiger partial charge on any atom is -0.380 e. The fourth-order valence-electron chi connectivity index (χ4n) is 3.54. The van der Waals surface area contributed by atoms with E-state index >= 15 is 0 Å². The second-order valence-corrected chi connectivity index (χ2v) is 5.90. The Morgan fingerprint density at radius 2 is 2.05 bits per heavy atom. The van der Waals surface area contributed by atoms with Crippen LogP contribution in [0.15, 0.2) is 4.99 Å². The van der Waals surface area contributed by atoms with E-state index in [1.54, 1.807) is 0 Å². The molecule has 1 saturated heterocycles. The molecular weight excluding hydrogens is 238 g/mol. The van der Waals surface area contributed by atoms with Gasteiger partial charge in [-0.15, -0.1) is 0 Å². The molecule has 0 aromatic heterocycles. The summed E-state index contributed by atoms with van der Waals surface area (Å²) in [5.74, 6) is 1.06. The Labute approximate surface area is 117 Å². The summed E-state index contributed by atoms with van der Waals surface area (Å²) >= 11 is 0. The van der Waals surface area contributed by atoms with E-state index in [4.69, 9.17) is 4.74 Å². The molecule has 0 radical (unpaired) electrons. The number of hydrogen-bond acceptors (Lipinski definition) is 2. The number of aliphatic imine (C=N–C) groups is 1. The topological polar surface area (TPSA) is 36.9 Å². The summed E-state index contributed by atoms with van der Waals surface area (Å²) in [6, 6.07) is 0. The Kier molecular flexibility index (Phi) is 5.49. The van der Waals surface area contributed by atoms with Crippen LogP contribution in [0.25, 0.3) is 0 Å². The second kappa shape index (κ2) is 7.13. The normalized spacial score (nSPS) is 23.1. The van der Waals surface area contributed by atoms with E-state index in [2.05, 4.69) is 15.2 Å². The molecule has 4 heteroatoms. The van der Waals surface area contributed by atoms with Crippen molar-refractivity contribution in [3.63, 3.8) is 0 Å². The van der Waals surface area contributed by atoms with Crippen molar-refractivity contribution < 1.29 is 4.74 Å². The molecule has 19 heavy (non-hydrogen) atoms. The second-order valence-electron chi connectivity index (χ2n) is 5.90. The van der Waals surface area contributed by atoms with Gasteiger partial charge in [-0.1, -0.05) is 19.3 Å². The summed E-state index contributed by atoms with van der Waals surface area (Å²) in [5.41, 5.74) is 0.593. The van der Waals surface area contributed by atoms with Gasteiger partial charge >= 0.3 is 0 Å². The van der Waals surface area contributed by atoms with E-state index in [0.717, 1.165) is 32.3 Å². The Morgan fingerprint density at radius 3 is 2.74 bits per heavy atom. The van der Waals surface area contributed by atoms with E-state index in [1.807, 2.05) is 14.0 Å². The molecule has 1 aliphatic heterocycles. The van der Waals surface area contributed by atoms with E-state index in [-0.39, 0.29) is 0 Å². The summed E-state index contributed by atoms with van der Waals surface area (Å²) < 4.78 is 5.36. The van der Waals surface area contributed by atoms with Crippen molar-refractivity contribution in [2.75, 3.05) is 39.9 Å². The van der Waals surface area contributed by atoms with Crippen molar-refractivity contribution in [3.8, 4) is 0 Å². The minimum atomic E-state index is 0.593. The highest BCUT2D eigenvalue weighted by Gasteiger charge is 2.39. The molecule has 0 bridgehead atoms. The van der Waals surface area contributed by atoms with Crippen LogP contribution in [0, 0.1) is 5.41 Å². The summed E-state index contributed by atoms with van der Waals surface area (Å²) in [7, 11) is 1.88. The standard InChI is InChI=1S/C15H29N3O/c1-3-19-12-10-17-14(16-2)18-11-9-15(13-18)7-5-4-6-8-15/h3-13H2,1-2H3,(H,16,17). The van der Waals surface area contributed by atoms with Crippen LogP contribution in [0.5, 0.6) is 0 Å². The van der Waals surface area contributed by atoms with E-state index in [0.29, 0.717) is 5.41 Å². The van der Waals surface area contributed by atoms with Gasteiger partial charge in [0.2, 0.25) is 0 Å². The molecule has 0 unspecified atom stereocenters. The smallest absolute Gasteiger partial charge is 0.193 e. The van der Waals surface area contributed by atoms with Crippen molar-refractivity contribution in [2.45, 2.75) is 45.4 Å². The fourth-order valence-corrected chi connectivity index (χ4v) is 3.54. The number of guanidine groups is 1. The maximum atomic E-state index is 5.36. The van der Waals surface area contributed by atoms with E-state index in [9.17, 15) is 0 Å². The molecule has 4 nitrogen and oxygen atoms in total. The lowest BCUT2D eigenvalue weighted by Gasteiger charge is -2.33. The van der Waals surface area contributed by atoms with Crippen LogP contribution in [-0.2, 0) is 4.74 Å². The fraction of sp³-hybridized carbons (Fsp3) is 0.933. The van der Waals surface area contributed by atoms with Crippen LogP contribution in [0.1, 0.15) is 45.4 Å². The molecule has 1 saturated carbocycles. The first-order valence-electron chi connectivity index (χ1n) is 7.83. The highest BCUT2D eigenvalue weighted by atomic mass is 16.5. The van der Waals surface area contributed by atoms with Gasteiger partial charge in [-0.2, -0.15) is 0 Å². The van der Waals surface area contributed by atoms with Gasteiger partial charge in [0, 0.05) is 33.3 Å². The number of hydrogen-bond donors (Lipinski definition) is 1. The molecule has 0 aromatic rings. The lowest BCUT2D eigenvalue weighted by molar-refractivity contribution is 0.151. The molecule has 0 amide bonds. The predicted octanol–water partition coefficient (Wildman–Crippen LogP) is 2.25. The van der Waals surface area contributed by atoms with Crippen LogP contribution < -0.4 is 5.32 Å². The van der Waals surface area contributed by atoms with E-state index < -0.39 is 0 Å². The van der Waals surface area contributed by atoms with Gasteiger partial charge in [-0.25, -0.2) is 0 Å². The lowest BCUT2D eigenvalue weighted by atomic mass is 9.73. The maximum Gasteiger partial charge on any atom is 0.193 e. The van der Waals surface area contributed by atoms with Crippen molar-refractivity contribution in [3.05, 3.63) is 0 Å². The van der Waals surface area contributed by atoms with Gasteiger partial charge in [0.1, 0.15) is 0 Å². The van der Waals surface area contributed by atoms with Crippen LogP contribution in [0.3, 0.4) is 0 Å². The zero-order chi connectivity index (χ0) is 13.6. The minimum absolute atomic E-state index is 0.593. The SMILES string of the molecule is CCOCCNC(=NC)N1CCC2(CCCCC2)C1. The maximum absolute atomic E-state index is 5.36. The molecule has 1 aliphatic carbocycles. The Balaban J connectivity index is 1.80. The third kappa shape index (κ3) is 3.85. The Morgan fingerprint density at radius 1 is 1.26 bits per heavy atom. The average Bonchev–Trinajstić information content (AvgIpc) is 2.83. The zero-order valence-corrected chi connectivity index (χ0v) is 12.6. The number of likely N-dealkylation sites (tertiary alicyclic amines) is 1. The van der Waals surface area contributed by atoms with Gasteiger partial charge in [0.15, 0.2) is 5.96 Å². The van der Waals surface area contributed by atoms with Gasteiger partial charge in [0.25, 0.3) is 0 Å². The summed E-state index contributed by atoms with van der Waals surface area (Å²) in [6.45, 7) is 6.78. The highest BCUT2D eigenvalue weighted by molar-refractivity contribution is 5.80. The van der Waals surface area contributed by atoms with Crippen molar-refractivity contribution in [1.29, 1.82) is 0 Å². The van der Waals surface area contributed by atoms with Crippen LogP contribution >= 0.6 is 0 Å². The summed E-state index contributed by atoms with van der Waals surface area (Å²) in [6.07, 6.45) is 8.45. The Bertz CT molecular complexity index is 298. The zero-order valence-electron chi connectivity index (χ0n) is 12.6. The van der Waals surface area contributed by atoms with Crippen LogP contribution in [0.4, 0.5) is 0 Å². The first kappa shape index (κ1) is 14.6. The number of rotatable bonds is 4. The lowest BCUT2D eigenvalue weighted by Crippen LogP contribution is -2.42. The molecule has 1 spiro atoms. The molecule has 0 aromatic carbocycles. The van der Waals surface area contributed by atoms with Crippen LogP contribution in [0.2, 0.25) is 0 Å². The number of ether oxygens (including phenoxy) is 1. The molecule has 110 valence electrons. The highest BCUT2D eigenvalue weighted by Crippen LogP contribution is 2.43.